The fourth-order valence-corrected chi connectivity index (χ4v) is 0.846. The van der Waals surface area contributed by atoms with Gasteiger partial charge in [0.15, 0.2) is 11.1 Å². The summed E-state index contributed by atoms with van der Waals surface area (Å²) in [5, 5.41) is 32.2. The van der Waals surface area contributed by atoms with Crippen molar-refractivity contribution in [3.63, 3.8) is 0 Å². The van der Waals surface area contributed by atoms with Crippen molar-refractivity contribution >= 4 is 12.4 Å². The zero-order valence-corrected chi connectivity index (χ0v) is 11.3. The highest BCUT2D eigenvalue weighted by atomic mass is 16.2. The van der Waals surface area contributed by atoms with Gasteiger partial charge in [-0.05, 0) is 20.8 Å². The molecule has 2 N–H and O–H groups in total. The van der Waals surface area contributed by atoms with Crippen LogP contribution in [0.1, 0.15) is 20.8 Å². The van der Waals surface area contributed by atoms with E-state index in [9.17, 15) is 9.59 Å². The highest BCUT2D eigenvalue weighted by molar-refractivity contribution is 5.71. The average Bonchev–Trinajstić information content (AvgIpc) is 2.41. The lowest BCUT2D eigenvalue weighted by atomic mass is 10.1. The van der Waals surface area contributed by atoms with Gasteiger partial charge < -0.3 is 5.73 Å². The van der Waals surface area contributed by atoms with Crippen LogP contribution in [0.25, 0.3) is 0 Å². The Bertz CT molecular complexity index is 512. The SMILES string of the molecule is CC(C)(C#N)N=NN(C=O)CC(C)(C#N)N=NC(N)=O. The number of urea groups is 1. The molecule has 0 aliphatic carbocycles. The van der Waals surface area contributed by atoms with Gasteiger partial charge in [-0.1, -0.05) is 10.3 Å². The van der Waals surface area contributed by atoms with Gasteiger partial charge in [-0.15, -0.1) is 5.11 Å². The van der Waals surface area contributed by atoms with Crippen LogP contribution in [0.4, 0.5) is 4.79 Å². The van der Waals surface area contributed by atoms with Gasteiger partial charge >= 0.3 is 6.03 Å². The summed E-state index contributed by atoms with van der Waals surface area (Å²) in [6.45, 7) is 4.03. The summed E-state index contributed by atoms with van der Waals surface area (Å²) in [4.78, 5) is 21.4. The molecule has 0 aromatic carbocycles. The van der Waals surface area contributed by atoms with Crippen LogP contribution >= 0.6 is 0 Å². The fourth-order valence-electron chi connectivity index (χ4n) is 0.846. The Hall–Kier alpha value is -2.88. The zero-order chi connectivity index (χ0) is 15.8. The molecule has 0 spiro atoms. The summed E-state index contributed by atoms with van der Waals surface area (Å²) >= 11 is 0. The van der Waals surface area contributed by atoms with Crippen molar-refractivity contribution in [1.82, 2.24) is 5.01 Å². The smallest absolute Gasteiger partial charge is 0.348 e. The molecule has 20 heavy (non-hydrogen) atoms. The number of primary amides is 1. The molecule has 1 atom stereocenters. The first-order valence-corrected chi connectivity index (χ1v) is 5.37. The van der Waals surface area contributed by atoms with Crippen LogP contribution in [0.15, 0.2) is 20.6 Å². The molecular weight excluding hydrogens is 264 g/mol. The van der Waals surface area contributed by atoms with Crippen molar-refractivity contribution < 1.29 is 9.59 Å². The summed E-state index contributed by atoms with van der Waals surface area (Å²) in [7, 11) is 0. The third-order valence-electron chi connectivity index (χ3n) is 1.88. The molecule has 0 rings (SSSR count). The first kappa shape index (κ1) is 17.1. The van der Waals surface area contributed by atoms with E-state index in [1.165, 1.54) is 20.8 Å². The van der Waals surface area contributed by atoms with E-state index in [0.717, 1.165) is 5.01 Å². The molecule has 0 saturated heterocycles. The second-order valence-electron chi connectivity index (χ2n) is 4.49. The number of hydrogen-bond acceptors (Lipinski definition) is 7. The predicted octanol–water partition coefficient (Wildman–Crippen LogP) is 0.927. The standard InChI is InChI=1S/C10H14N8O2/c1-9(2,4-11)15-17-18(7-19)6-10(3,5-12)16-14-8(13)20/h7H,6H2,1-3H3,(H2,13,20). The van der Waals surface area contributed by atoms with E-state index in [4.69, 9.17) is 16.3 Å². The molecule has 106 valence electrons. The van der Waals surface area contributed by atoms with E-state index in [0.29, 0.717) is 6.41 Å². The Balaban J connectivity index is 5.04. The maximum Gasteiger partial charge on any atom is 0.356 e. The van der Waals surface area contributed by atoms with Gasteiger partial charge in [-0.2, -0.15) is 15.6 Å². The Morgan fingerprint density at radius 2 is 1.90 bits per heavy atom. The molecule has 0 aromatic heterocycles. The molecule has 0 aromatic rings. The number of nitrogens with two attached hydrogens (primary N) is 1. The van der Waals surface area contributed by atoms with Gasteiger partial charge in [0, 0.05) is 0 Å². The lowest BCUT2D eigenvalue weighted by molar-refractivity contribution is -0.119. The Labute approximate surface area is 115 Å². The number of hydrogen-bond donors (Lipinski definition) is 1. The number of azo groups is 1. The van der Waals surface area contributed by atoms with Crippen molar-refractivity contribution in [2.45, 2.75) is 31.8 Å². The van der Waals surface area contributed by atoms with E-state index in [-0.39, 0.29) is 6.54 Å². The molecule has 1 unspecified atom stereocenters. The molecule has 10 heteroatoms. The molecule has 10 nitrogen and oxygen atoms in total. The number of nitrogens with zero attached hydrogens (tertiary/aromatic N) is 7. The molecule has 3 amide bonds. The number of carbonyl (C=O) groups excluding carboxylic acids is 2. The predicted molar refractivity (Wildman–Crippen MR) is 65.8 cm³/mol. The summed E-state index contributed by atoms with van der Waals surface area (Å²) in [6.07, 6.45) is 0.312. The second kappa shape index (κ2) is 6.89. The lowest BCUT2D eigenvalue weighted by Crippen LogP contribution is -2.35. The first-order valence-electron chi connectivity index (χ1n) is 5.37. The minimum atomic E-state index is -1.51. The topological polar surface area (TPSA) is 160 Å². The van der Waals surface area contributed by atoms with Crippen LogP contribution in [-0.2, 0) is 4.79 Å². The van der Waals surface area contributed by atoms with Crippen molar-refractivity contribution in [3.05, 3.63) is 0 Å². The third kappa shape index (κ3) is 6.16. The van der Waals surface area contributed by atoms with E-state index in [1.54, 1.807) is 6.07 Å². The molecule has 0 aliphatic heterocycles. The fraction of sp³-hybridized carbons (Fsp3) is 0.600. The molecule has 0 saturated carbocycles. The van der Waals surface area contributed by atoms with Crippen LogP contribution in [-0.4, -0.2) is 35.1 Å². The van der Waals surface area contributed by atoms with Gasteiger partial charge in [-0.3, -0.25) is 4.79 Å². The van der Waals surface area contributed by atoms with E-state index >= 15 is 0 Å². The van der Waals surface area contributed by atoms with E-state index < -0.39 is 17.1 Å². The van der Waals surface area contributed by atoms with Crippen LogP contribution in [0.2, 0.25) is 0 Å². The highest BCUT2D eigenvalue weighted by Gasteiger charge is 2.28. The van der Waals surface area contributed by atoms with Crippen molar-refractivity contribution in [3.8, 4) is 12.1 Å². The summed E-state index contributed by atoms with van der Waals surface area (Å²) in [5.41, 5.74) is 2.16. The minimum Gasteiger partial charge on any atom is -0.348 e. The third-order valence-corrected chi connectivity index (χ3v) is 1.88. The zero-order valence-electron chi connectivity index (χ0n) is 11.3. The largest absolute Gasteiger partial charge is 0.356 e. The van der Waals surface area contributed by atoms with Crippen molar-refractivity contribution in [2.75, 3.05) is 6.54 Å². The number of carbonyl (C=O) groups is 2. The number of rotatable bonds is 6. The summed E-state index contributed by atoms with van der Waals surface area (Å²) < 4.78 is 0. The average molecular weight is 278 g/mol. The quantitative estimate of drug-likeness (QED) is 0.434. The molecular formula is C10H14N8O2. The van der Waals surface area contributed by atoms with Gasteiger partial charge in [0.1, 0.15) is 0 Å². The van der Waals surface area contributed by atoms with Gasteiger partial charge in [0.25, 0.3) is 0 Å². The monoisotopic (exact) mass is 278 g/mol. The normalized spacial score (nSPS) is 14.4. The number of amides is 3. The molecule has 0 fully saturated rings. The maximum atomic E-state index is 10.9. The van der Waals surface area contributed by atoms with Crippen LogP contribution in [0.3, 0.4) is 0 Å². The molecule has 0 radical (unpaired) electrons. The minimum absolute atomic E-state index is 0.297. The molecule has 0 aliphatic rings. The first-order chi connectivity index (χ1) is 9.18. The highest BCUT2D eigenvalue weighted by Crippen LogP contribution is 2.13. The van der Waals surface area contributed by atoms with Gasteiger partial charge in [0.05, 0.1) is 18.7 Å². The lowest BCUT2D eigenvalue weighted by Gasteiger charge is -2.19. The van der Waals surface area contributed by atoms with Crippen molar-refractivity contribution in [2.24, 2.45) is 26.3 Å². The van der Waals surface area contributed by atoms with Crippen LogP contribution in [0, 0.1) is 22.7 Å². The Morgan fingerprint density at radius 3 is 2.30 bits per heavy atom. The Morgan fingerprint density at radius 1 is 1.30 bits per heavy atom. The van der Waals surface area contributed by atoms with Crippen LogP contribution < -0.4 is 5.73 Å². The van der Waals surface area contributed by atoms with Gasteiger partial charge in [0.2, 0.25) is 6.41 Å². The second-order valence-corrected chi connectivity index (χ2v) is 4.49. The van der Waals surface area contributed by atoms with Crippen LogP contribution in [0.5, 0.6) is 0 Å². The maximum absolute atomic E-state index is 10.9. The van der Waals surface area contributed by atoms with Gasteiger partial charge in [-0.25, -0.2) is 9.80 Å². The summed E-state index contributed by atoms with van der Waals surface area (Å²) in [6, 6.07) is 2.58. The van der Waals surface area contributed by atoms with Crippen molar-refractivity contribution in [1.29, 1.82) is 10.5 Å². The Kier molecular flexibility index (Phi) is 5.90. The molecule has 0 heterocycles. The number of nitriles is 2. The van der Waals surface area contributed by atoms with E-state index in [2.05, 4.69) is 20.6 Å². The summed E-state index contributed by atoms with van der Waals surface area (Å²) in [5.74, 6) is 0. The van der Waals surface area contributed by atoms with E-state index in [1.807, 2.05) is 6.07 Å². The molecule has 0 bridgehead atoms.